The van der Waals surface area contributed by atoms with Crippen LogP contribution in [0.3, 0.4) is 0 Å². The topological polar surface area (TPSA) is 137 Å². The van der Waals surface area contributed by atoms with Gasteiger partial charge in [-0.25, -0.2) is 4.79 Å². The van der Waals surface area contributed by atoms with E-state index in [4.69, 9.17) is 4.74 Å². The van der Waals surface area contributed by atoms with Crippen LogP contribution in [0.5, 0.6) is 5.75 Å². The first-order valence-corrected chi connectivity index (χ1v) is 14.6. The SMILES string of the molecule is CC[C@H](C)[C@@H](C(=O)NC(=O)[C@H](Cc1ccc(O)cc1)NC(=O)[C@@H](NC(=O)OCc1ccccc1)C(C)C)N(CC)CC. The third kappa shape index (κ3) is 10.5. The molecule has 10 nitrogen and oxygen atoms in total. The molecule has 0 spiro atoms. The van der Waals surface area contributed by atoms with Crippen molar-refractivity contribution in [2.24, 2.45) is 11.8 Å². The number of likely N-dealkylation sites (N-methyl/N-ethyl adjacent to an activating group) is 1. The highest BCUT2D eigenvalue weighted by molar-refractivity contribution is 6.01. The molecule has 0 bridgehead atoms. The molecule has 0 aromatic heterocycles. The first-order valence-electron chi connectivity index (χ1n) is 14.6. The molecule has 42 heavy (non-hydrogen) atoms. The van der Waals surface area contributed by atoms with Gasteiger partial charge in [-0.05, 0) is 48.2 Å². The van der Waals surface area contributed by atoms with Gasteiger partial charge in [0, 0.05) is 6.42 Å². The molecule has 0 radical (unpaired) electrons. The second-order valence-corrected chi connectivity index (χ2v) is 10.8. The van der Waals surface area contributed by atoms with Crippen LogP contribution >= 0.6 is 0 Å². The molecule has 230 valence electrons. The molecule has 2 aromatic rings. The Kier molecular flexibility index (Phi) is 14.0. The van der Waals surface area contributed by atoms with Crippen LogP contribution in [0.4, 0.5) is 4.79 Å². The summed E-state index contributed by atoms with van der Waals surface area (Å²) in [6.07, 6.45) is 0.0460. The lowest BCUT2D eigenvalue weighted by atomic mass is 9.96. The standard InChI is InChI=1S/C32H46N4O6/c1-7-22(6)28(36(8-2)9-3)31(40)35-29(38)26(19-23-15-17-25(37)18-16-23)33-30(39)27(21(4)5)34-32(41)42-20-24-13-11-10-12-14-24/h10-18,21-22,26-28,37H,7-9,19-20H2,1-6H3,(H,33,39)(H,34,41)(H,35,38,40)/t22-,26-,27-,28-/m0/s1. The Morgan fingerprint density at radius 3 is 1.98 bits per heavy atom. The van der Waals surface area contributed by atoms with Gasteiger partial charge in [0.05, 0.1) is 6.04 Å². The number of nitrogens with one attached hydrogen (secondary N) is 3. The minimum atomic E-state index is -1.12. The van der Waals surface area contributed by atoms with Crippen LogP contribution in [0.15, 0.2) is 54.6 Å². The highest BCUT2D eigenvalue weighted by atomic mass is 16.5. The van der Waals surface area contributed by atoms with Gasteiger partial charge in [-0.2, -0.15) is 0 Å². The van der Waals surface area contributed by atoms with Crippen molar-refractivity contribution >= 4 is 23.8 Å². The Balaban J connectivity index is 2.22. The summed E-state index contributed by atoms with van der Waals surface area (Å²) in [6, 6.07) is 12.8. The maximum absolute atomic E-state index is 13.5. The molecule has 0 heterocycles. The summed E-state index contributed by atoms with van der Waals surface area (Å²) in [5.74, 6) is -1.94. The summed E-state index contributed by atoms with van der Waals surface area (Å²) >= 11 is 0. The van der Waals surface area contributed by atoms with E-state index in [9.17, 15) is 24.3 Å². The predicted octanol–water partition coefficient (Wildman–Crippen LogP) is 3.77. The third-order valence-corrected chi connectivity index (χ3v) is 7.35. The Morgan fingerprint density at radius 2 is 1.43 bits per heavy atom. The van der Waals surface area contributed by atoms with Gasteiger partial charge < -0.3 is 20.5 Å². The molecule has 4 atom stereocenters. The van der Waals surface area contributed by atoms with E-state index in [1.54, 1.807) is 26.0 Å². The number of ether oxygens (including phenoxy) is 1. The zero-order chi connectivity index (χ0) is 31.2. The molecule has 10 heteroatoms. The number of alkyl carbamates (subject to hydrolysis) is 1. The van der Waals surface area contributed by atoms with E-state index in [-0.39, 0.29) is 30.6 Å². The minimum Gasteiger partial charge on any atom is -0.508 e. The van der Waals surface area contributed by atoms with Crippen LogP contribution < -0.4 is 16.0 Å². The van der Waals surface area contributed by atoms with E-state index < -0.39 is 41.9 Å². The molecule has 0 saturated carbocycles. The van der Waals surface area contributed by atoms with Crippen LogP contribution in [0, 0.1) is 11.8 Å². The van der Waals surface area contributed by atoms with Gasteiger partial charge in [-0.15, -0.1) is 0 Å². The number of hydrogen-bond donors (Lipinski definition) is 4. The third-order valence-electron chi connectivity index (χ3n) is 7.35. The first kappa shape index (κ1) is 34.3. The summed E-state index contributed by atoms with van der Waals surface area (Å²) in [5, 5.41) is 17.6. The highest BCUT2D eigenvalue weighted by Crippen LogP contribution is 2.16. The molecule has 0 fully saturated rings. The fourth-order valence-electron chi connectivity index (χ4n) is 4.67. The molecule has 0 saturated heterocycles. The number of carbonyl (C=O) groups excluding carboxylic acids is 4. The van der Waals surface area contributed by atoms with E-state index in [1.807, 2.05) is 62.9 Å². The Labute approximate surface area is 249 Å². The molecular formula is C32H46N4O6. The Hall–Kier alpha value is -3.92. The quantitative estimate of drug-likeness (QED) is 0.251. The Morgan fingerprint density at radius 1 is 0.810 bits per heavy atom. The molecule has 0 unspecified atom stereocenters. The number of amides is 4. The monoisotopic (exact) mass is 582 g/mol. The molecule has 4 amide bonds. The Bertz CT molecular complexity index is 1150. The highest BCUT2D eigenvalue weighted by Gasteiger charge is 2.34. The van der Waals surface area contributed by atoms with Crippen molar-refractivity contribution in [3.63, 3.8) is 0 Å². The maximum atomic E-state index is 13.5. The number of nitrogens with zero attached hydrogens (tertiary/aromatic N) is 1. The predicted molar refractivity (Wildman–Crippen MR) is 161 cm³/mol. The van der Waals surface area contributed by atoms with Crippen LogP contribution in [0.25, 0.3) is 0 Å². The maximum Gasteiger partial charge on any atom is 0.408 e. The lowest BCUT2D eigenvalue weighted by Crippen LogP contribution is -2.58. The molecule has 2 rings (SSSR count). The van der Waals surface area contributed by atoms with Crippen molar-refractivity contribution in [3.8, 4) is 5.75 Å². The van der Waals surface area contributed by atoms with Gasteiger partial charge in [0.1, 0.15) is 24.4 Å². The number of rotatable bonds is 15. The minimum absolute atomic E-state index is 0.000686. The molecule has 0 aliphatic carbocycles. The summed E-state index contributed by atoms with van der Waals surface area (Å²) in [7, 11) is 0. The zero-order valence-corrected chi connectivity index (χ0v) is 25.6. The summed E-state index contributed by atoms with van der Waals surface area (Å²) in [4.78, 5) is 54.9. The van der Waals surface area contributed by atoms with Crippen molar-refractivity contribution in [2.75, 3.05) is 13.1 Å². The number of carbonyl (C=O) groups is 4. The number of imide groups is 1. The van der Waals surface area contributed by atoms with E-state index >= 15 is 0 Å². The second-order valence-electron chi connectivity index (χ2n) is 10.8. The molecule has 4 N–H and O–H groups in total. The summed E-state index contributed by atoms with van der Waals surface area (Å²) in [6.45, 7) is 12.7. The van der Waals surface area contributed by atoms with Gasteiger partial charge in [-0.1, -0.05) is 90.4 Å². The molecule has 0 aliphatic rings. The van der Waals surface area contributed by atoms with E-state index in [0.717, 1.165) is 12.0 Å². The molecule has 0 aliphatic heterocycles. The summed E-state index contributed by atoms with van der Waals surface area (Å²) in [5.41, 5.74) is 1.47. The van der Waals surface area contributed by atoms with Gasteiger partial charge in [0.15, 0.2) is 0 Å². The number of hydrogen-bond acceptors (Lipinski definition) is 7. The second kappa shape index (κ2) is 17.1. The number of aromatic hydroxyl groups is 1. The lowest BCUT2D eigenvalue weighted by Gasteiger charge is -2.33. The van der Waals surface area contributed by atoms with Crippen molar-refractivity contribution in [3.05, 3.63) is 65.7 Å². The fourth-order valence-corrected chi connectivity index (χ4v) is 4.67. The largest absolute Gasteiger partial charge is 0.508 e. The number of phenolic OH excluding ortho intramolecular Hbond substituents is 1. The van der Waals surface area contributed by atoms with E-state index in [1.165, 1.54) is 12.1 Å². The van der Waals surface area contributed by atoms with Gasteiger partial charge >= 0.3 is 6.09 Å². The normalized spacial score (nSPS) is 14.0. The molecule has 2 aromatic carbocycles. The molecular weight excluding hydrogens is 536 g/mol. The fraction of sp³-hybridized carbons (Fsp3) is 0.500. The van der Waals surface area contributed by atoms with Gasteiger partial charge in [0.25, 0.3) is 0 Å². The lowest BCUT2D eigenvalue weighted by molar-refractivity contribution is -0.137. The number of benzene rings is 2. The van der Waals surface area contributed by atoms with Crippen molar-refractivity contribution in [1.29, 1.82) is 0 Å². The van der Waals surface area contributed by atoms with Crippen molar-refractivity contribution < 1.29 is 29.0 Å². The average Bonchev–Trinajstić information content (AvgIpc) is 2.97. The van der Waals surface area contributed by atoms with Crippen LogP contribution in [0.1, 0.15) is 59.1 Å². The van der Waals surface area contributed by atoms with Crippen molar-refractivity contribution in [1.82, 2.24) is 20.9 Å². The van der Waals surface area contributed by atoms with Crippen molar-refractivity contribution in [2.45, 2.75) is 79.1 Å². The van der Waals surface area contributed by atoms with E-state index in [2.05, 4.69) is 16.0 Å². The van der Waals surface area contributed by atoms with E-state index in [0.29, 0.717) is 18.7 Å². The van der Waals surface area contributed by atoms with Crippen LogP contribution in [-0.2, 0) is 32.1 Å². The average molecular weight is 583 g/mol. The zero-order valence-electron chi connectivity index (χ0n) is 25.6. The van der Waals surface area contributed by atoms with Crippen LogP contribution in [0.2, 0.25) is 0 Å². The summed E-state index contributed by atoms with van der Waals surface area (Å²) < 4.78 is 5.29. The smallest absolute Gasteiger partial charge is 0.408 e. The number of phenols is 1. The first-order chi connectivity index (χ1) is 20.0. The van der Waals surface area contributed by atoms with Gasteiger partial charge in [-0.3, -0.25) is 24.6 Å². The van der Waals surface area contributed by atoms with Gasteiger partial charge in [0.2, 0.25) is 17.7 Å². The van der Waals surface area contributed by atoms with Crippen LogP contribution in [-0.4, -0.2) is 65.0 Å².